The van der Waals surface area contributed by atoms with E-state index in [1.165, 1.54) is 10.2 Å². The Kier molecular flexibility index (Phi) is 7.65. The number of anilines is 1. The minimum atomic E-state index is -1.12. The molecular formula is C11H17I3N2SSi. The van der Waals surface area contributed by atoms with E-state index in [9.17, 15) is 0 Å². The number of rotatable bonds is 2. The van der Waals surface area contributed by atoms with E-state index in [1.807, 2.05) is 0 Å². The molecule has 2 aromatic rings. The zero-order valence-electron chi connectivity index (χ0n) is 10.6. The Bertz CT molecular complexity index is 510. The van der Waals surface area contributed by atoms with Crippen LogP contribution in [0.3, 0.4) is 0 Å². The molecule has 0 saturated carbocycles. The van der Waals surface area contributed by atoms with Gasteiger partial charge in [0.25, 0.3) is 0 Å². The number of thiazole rings is 1. The molecule has 2 nitrogen and oxygen atoms in total. The Morgan fingerprint density at radius 3 is 2.39 bits per heavy atom. The van der Waals surface area contributed by atoms with E-state index < -0.39 is 8.07 Å². The summed E-state index contributed by atoms with van der Waals surface area (Å²) in [5.74, 6) is 0. The van der Waals surface area contributed by atoms with Crippen LogP contribution in [0.5, 0.6) is 0 Å². The van der Waals surface area contributed by atoms with Crippen LogP contribution in [-0.4, -0.2) is 8.07 Å². The number of benzene rings is 1. The van der Waals surface area contributed by atoms with Crippen LogP contribution < -0.4 is 23.6 Å². The van der Waals surface area contributed by atoms with Gasteiger partial charge in [0.15, 0.2) is 0 Å². The number of para-hydroxylation sites is 1. The van der Waals surface area contributed by atoms with Crippen molar-refractivity contribution in [3.8, 4) is 0 Å². The quantitative estimate of drug-likeness (QED) is 0.309. The predicted molar refractivity (Wildman–Crippen MR) is 97.8 cm³/mol. The molecule has 7 heteroatoms. The summed E-state index contributed by atoms with van der Waals surface area (Å²) in [5.41, 5.74) is 7.34. The van der Waals surface area contributed by atoms with E-state index in [4.69, 9.17) is 5.73 Å². The first kappa shape index (κ1) is 17.4. The summed E-state index contributed by atoms with van der Waals surface area (Å²) in [7, 11) is -1.12. The van der Waals surface area contributed by atoms with Crippen molar-refractivity contribution >= 4 is 72.0 Å². The molecule has 2 N–H and O–H groups in total. The Labute approximate surface area is 143 Å². The van der Waals surface area contributed by atoms with Gasteiger partial charge in [-0.15, -0.1) is 0 Å². The first-order valence-electron chi connectivity index (χ1n) is 5.43. The van der Waals surface area contributed by atoms with Crippen molar-refractivity contribution in [3.63, 3.8) is 0 Å². The van der Waals surface area contributed by atoms with Crippen molar-refractivity contribution in [3.05, 3.63) is 24.3 Å². The standard InChI is InChI=1S/C11H16N2SSi.I3/c1-15(2,3)8-13-9-6-4-5-7-10(9)14-11(13)12;1-3-2/h4-7,12H,8H2,1-3H3;/q;-1/p+1. The molecule has 2 rings (SSSR count). The molecule has 0 radical (unpaired) electrons. The first-order chi connectivity index (χ1) is 8.39. The van der Waals surface area contributed by atoms with Crippen LogP contribution in [0.1, 0.15) is 0 Å². The van der Waals surface area contributed by atoms with Gasteiger partial charge in [-0.05, 0) is 23.5 Å². The van der Waals surface area contributed by atoms with Crippen LogP contribution >= 0.6 is 48.6 Å². The van der Waals surface area contributed by atoms with E-state index in [2.05, 4.69) is 85.7 Å². The third-order valence-corrected chi connectivity index (χ3v) is 4.53. The van der Waals surface area contributed by atoms with Crippen molar-refractivity contribution in [2.45, 2.75) is 25.8 Å². The molecule has 1 aromatic carbocycles. The van der Waals surface area contributed by atoms with Gasteiger partial charge in [0.1, 0.15) is 5.52 Å². The van der Waals surface area contributed by atoms with Crippen molar-refractivity contribution < 1.29 is 17.8 Å². The van der Waals surface area contributed by atoms with E-state index in [0.717, 1.165) is 11.3 Å². The summed E-state index contributed by atoms with van der Waals surface area (Å²) in [6.07, 6.45) is 1.10. The average Bonchev–Trinajstić information content (AvgIpc) is 2.55. The molecule has 1 aromatic heterocycles. The van der Waals surface area contributed by atoms with Crippen molar-refractivity contribution in [2.24, 2.45) is 0 Å². The Morgan fingerprint density at radius 1 is 1.28 bits per heavy atom. The first-order valence-corrected chi connectivity index (χ1v) is 22.5. The maximum absolute atomic E-state index is 6.06. The van der Waals surface area contributed by atoms with Crippen LogP contribution in [0.25, 0.3) is 10.2 Å². The van der Waals surface area contributed by atoms with Gasteiger partial charge in [-0.3, -0.25) is 5.73 Å². The molecular weight excluding hydrogens is 601 g/mol. The average molecular weight is 618 g/mol. The summed E-state index contributed by atoms with van der Waals surface area (Å²) < 4.78 is 3.56. The second kappa shape index (κ2) is 7.93. The molecule has 0 spiro atoms. The van der Waals surface area contributed by atoms with Gasteiger partial charge in [-0.2, -0.15) is 0 Å². The van der Waals surface area contributed by atoms with Crippen LogP contribution in [0.15, 0.2) is 24.3 Å². The molecule has 0 aliphatic carbocycles. The molecule has 0 amide bonds. The van der Waals surface area contributed by atoms with Crippen LogP contribution in [0, 0.1) is 0 Å². The molecule has 0 unspecified atom stereocenters. The zero-order valence-corrected chi connectivity index (χ0v) is 18.9. The zero-order chi connectivity index (χ0) is 13.8. The van der Waals surface area contributed by atoms with Gasteiger partial charge in [0.05, 0.1) is 18.9 Å². The summed E-state index contributed by atoms with van der Waals surface area (Å²) >= 11 is 6.98. The molecule has 18 heavy (non-hydrogen) atoms. The van der Waals surface area contributed by atoms with Crippen LogP contribution in [-0.2, 0) is 6.17 Å². The predicted octanol–water partition coefficient (Wildman–Crippen LogP) is 1.42. The van der Waals surface area contributed by atoms with Crippen LogP contribution in [0.4, 0.5) is 5.13 Å². The molecule has 0 aliphatic heterocycles. The summed E-state index contributed by atoms with van der Waals surface area (Å²) in [6.45, 7) is 7.10. The fourth-order valence-corrected chi connectivity index (χ4v) is 4.02. The molecule has 0 atom stereocenters. The normalized spacial score (nSPS) is 11.4. The fraction of sp³-hybridized carbons (Fsp3) is 0.364. The fourth-order valence-electron chi connectivity index (χ4n) is 1.69. The number of halogens is 3. The Balaban J connectivity index is 0.000000492. The molecule has 1 heterocycles. The molecule has 0 fully saturated rings. The molecule has 0 bridgehead atoms. The molecule has 0 saturated heterocycles. The SMILES string of the molecule is C[Si](C)(C)C[n+]1c(N)sc2ccccc21.I[I-]I. The number of nitrogens with two attached hydrogens (primary N) is 1. The topological polar surface area (TPSA) is 29.9 Å². The van der Waals surface area contributed by atoms with Gasteiger partial charge < -0.3 is 0 Å². The maximum atomic E-state index is 6.06. The van der Waals surface area contributed by atoms with Gasteiger partial charge in [-0.25, -0.2) is 4.57 Å². The van der Waals surface area contributed by atoms with Crippen molar-refractivity contribution in [1.82, 2.24) is 0 Å². The second-order valence-corrected chi connectivity index (χ2v) is 27.9. The number of hydrogen-bond acceptors (Lipinski definition) is 2. The number of hydrogen-bond donors (Lipinski definition) is 1. The van der Waals surface area contributed by atoms with Crippen molar-refractivity contribution in [2.75, 3.05) is 5.73 Å². The van der Waals surface area contributed by atoms with Gasteiger partial charge in [-0.1, -0.05) is 31.8 Å². The number of fused-ring (bicyclic) bond motifs is 1. The van der Waals surface area contributed by atoms with Crippen molar-refractivity contribution in [1.29, 1.82) is 0 Å². The summed E-state index contributed by atoms with van der Waals surface area (Å²) in [5, 5.41) is 0.929. The number of nitrogens with zero attached hydrogens (tertiary/aromatic N) is 1. The Morgan fingerprint density at radius 2 is 1.83 bits per heavy atom. The van der Waals surface area contributed by atoms with Crippen LogP contribution in [0.2, 0.25) is 19.6 Å². The Hall–Kier alpha value is 1.32. The third kappa shape index (κ3) is 5.36. The number of nitrogen functional groups attached to an aromatic ring is 1. The third-order valence-electron chi connectivity index (χ3n) is 2.27. The molecule has 102 valence electrons. The van der Waals surface area contributed by atoms with E-state index in [0.29, 0.717) is 13.3 Å². The summed E-state index contributed by atoms with van der Waals surface area (Å²) in [6, 6.07) is 8.44. The van der Waals surface area contributed by atoms with E-state index in [1.54, 1.807) is 11.3 Å². The van der Waals surface area contributed by atoms with Gasteiger partial charge >= 0.3 is 55.6 Å². The molecule has 0 aliphatic rings. The minimum absolute atomic E-state index is 0.530. The monoisotopic (exact) mass is 618 g/mol. The van der Waals surface area contributed by atoms with E-state index in [-0.39, 0.29) is 0 Å². The summed E-state index contributed by atoms with van der Waals surface area (Å²) in [4.78, 5) is 0. The van der Waals surface area contributed by atoms with Gasteiger partial charge in [0.2, 0.25) is 0 Å². The second-order valence-electron chi connectivity index (χ2n) is 5.11. The number of aromatic nitrogens is 1. The van der Waals surface area contributed by atoms with Gasteiger partial charge in [0, 0.05) is 0 Å². The van der Waals surface area contributed by atoms with E-state index >= 15 is 0 Å².